The number of nitrogens with zero attached hydrogens (tertiary/aromatic N) is 2. The van der Waals surface area contributed by atoms with E-state index in [4.69, 9.17) is 10.5 Å². The molecule has 0 saturated heterocycles. The lowest BCUT2D eigenvalue weighted by Crippen LogP contribution is -2.45. The minimum Gasteiger partial charge on any atom is -0.422 e. The molecule has 2 aromatic rings. The van der Waals surface area contributed by atoms with Gasteiger partial charge in [0.2, 0.25) is 11.8 Å². The minimum absolute atomic E-state index is 0.182. The summed E-state index contributed by atoms with van der Waals surface area (Å²) in [6, 6.07) is 10.7. The zero-order valence-electron chi connectivity index (χ0n) is 13.9. The molecule has 0 amide bonds. The molecule has 1 aromatic carbocycles. The molecule has 0 radical (unpaired) electrons. The van der Waals surface area contributed by atoms with Crippen LogP contribution in [0.4, 0.5) is 0 Å². The summed E-state index contributed by atoms with van der Waals surface area (Å²) in [7, 11) is 0. The third-order valence-corrected chi connectivity index (χ3v) is 5.46. The summed E-state index contributed by atoms with van der Waals surface area (Å²) in [5.74, 6) is 1.07. The number of aromatic amines is 1. The molecule has 1 aromatic heterocycles. The van der Waals surface area contributed by atoms with Gasteiger partial charge < -0.3 is 10.5 Å². The van der Waals surface area contributed by atoms with E-state index in [1.54, 1.807) is 0 Å². The number of nitrogens with two attached hydrogens (primary N) is 1. The standard InChI is InChI=1S/C19H20N4O/c1-11-5-3-8-14(9-11)19(13-6-4-7-13)15(10-20)17(21)24-18-16(19)12(2)22-23-18/h3,5,8-9,13H,4,6-7,21H2,1-2H3,(H,22,23). The van der Waals surface area contributed by atoms with Crippen LogP contribution in [0.15, 0.2) is 35.7 Å². The molecule has 122 valence electrons. The second-order valence-electron chi connectivity index (χ2n) is 6.77. The molecule has 0 bridgehead atoms. The van der Waals surface area contributed by atoms with Crippen molar-refractivity contribution < 1.29 is 4.74 Å². The predicted molar refractivity (Wildman–Crippen MR) is 90.1 cm³/mol. The summed E-state index contributed by atoms with van der Waals surface area (Å²) in [5.41, 5.74) is 10.2. The monoisotopic (exact) mass is 320 g/mol. The number of nitrogens with one attached hydrogen (secondary N) is 1. The molecule has 1 atom stereocenters. The van der Waals surface area contributed by atoms with Gasteiger partial charge in [-0.05, 0) is 38.2 Å². The molecule has 2 heterocycles. The first-order valence-electron chi connectivity index (χ1n) is 8.29. The number of H-pyrrole nitrogens is 1. The van der Waals surface area contributed by atoms with Crippen molar-refractivity contribution in [2.45, 2.75) is 38.5 Å². The highest BCUT2D eigenvalue weighted by atomic mass is 16.5. The maximum Gasteiger partial charge on any atom is 0.222 e. The largest absolute Gasteiger partial charge is 0.422 e. The fraction of sp³-hybridized carbons (Fsp3) is 0.368. The van der Waals surface area contributed by atoms with Crippen LogP contribution in [0, 0.1) is 31.1 Å². The van der Waals surface area contributed by atoms with Crippen LogP contribution in [0.2, 0.25) is 0 Å². The molecule has 5 nitrogen and oxygen atoms in total. The van der Waals surface area contributed by atoms with Crippen molar-refractivity contribution in [3.05, 3.63) is 58.1 Å². The molecule has 1 saturated carbocycles. The van der Waals surface area contributed by atoms with Crippen LogP contribution in [-0.4, -0.2) is 10.2 Å². The van der Waals surface area contributed by atoms with Crippen molar-refractivity contribution in [1.82, 2.24) is 10.2 Å². The van der Waals surface area contributed by atoms with Crippen molar-refractivity contribution in [3.63, 3.8) is 0 Å². The third kappa shape index (κ3) is 1.77. The lowest BCUT2D eigenvalue weighted by Gasteiger charge is -2.47. The average molecular weight is 320 g/mol. The Kier molecular flexibility index (Phi) is 3.17. The first-order valence-corrected chi connectivity index (χ1v) is 8.29. The lowest BCUT2D eigenvalue weighted by molar-refractivity contribution is 0.207. The molecule has 24 heavy (non-hydrogen) atoms. The first kappa shape index (κ1) is 14.8. The van der Waals surface area contributed by atoms with Crippen LogP contribution in [0.1, 0.15) is 41.6 Å². The highest BCUT2D eigenvalue weighted by Crippen LogP contribution is 2.57. The van der Waals surface area contributed by atoms with E-state index in [2.05, 4.69) is 41.4 Å². The van der Waals surface area contributed by atoms with Crippen LogP contribution in [0.25, 0.3) is 0 Å². The van der Waals surface area contributed by atoms with Gasteiger partial charge >= 0.3 is 0 Å². The number of aryl methyl sites for hydroxylation is 2. The van der Waals surface area contributed by atoms with Crippen LogP contribution in [0.5, 0.6) is 5.88 Å². The van der Waals surface area contributed by atoms with E-state index < -0.39 is 5.41 Å². The lowest BCUT2D eigenvalue weighted by atomic mass is 9.55. The summed E-state index contributed by atoms with van der Waals surface area (Å²) in [5, 5.41) is 17.2. The maximum absolute atomic E-state index is 9.95. The second-order valence-corrected chi connectivity index (χ2v) is 6.77. The van der Waals surface area contributed by atoms with Crippen molar-refractivity contribution in [3.8, 4) is 11.9 Å². The molecule has 4 rings (SSSR count). The average Bonchev–Trinajstić information content (AvgIpc) is 2.86. The molecule has 1 aliphatic carbocycles. The summed E-state index contributed by atoms with van der Waals surface area (Å²) in [4.78, 5) is 0. The van der Waals surface area contributed by atoms with Gasteiger partial charge in [-0.2, -0.15) is 10.4 Å². The Balaban J connectivity index is 2.11. The normalized spacial score (nSPS) is 23.2. The fourth-order valence-corrected chi connectivity index (χ4v) is 4.24. The SMILES string of the molecule is Cc1cccc(C2(C3CCC3)C(C#N)=C(N)Oc3[nH]nc(C)c32)c1. The molecule has 5 heteroatoms. The van der Waals surface area contributed by atoms with Gasteiger partial charge in [-0.1, -0.05) is 36.2 Å². The molecular formula is C19H20N4O. The quantitative estimate of drug-likeness (QED) is 0.889. The zero-order chi connectivity index (χ0) is 16.9. The summed E-state index contributed by atoms with van der Waals surface area (Å²) < 4.78 is 5.70. The van der Waals surface area contributed by atoms with E-state index >= 15 is 0 Å². The van der Waals surface area contributed by atoms with Crippen LogP contribution >= 0.6 is 0 Å². The van der Waals surface area contributed by atoms with E-state index in [0.29, 0.717) is 17.4 Å². The van der Waals surface area contributed by atoms with Crippen molar-refractivity contribution in [2.24, 2.45) is 11.7 Å². The Bertz CT molecular complexity index is 885. The molecule has 2 aliphatic rings. The number of hydrogen-bond donors (Lipinski definition) is 2. The van der Waals surface area contributed by atoms with E-state index in [-0.39, 0.29) is 5.88 Å². The maximum atomic E-state index is 9.95. The van der Waals surface area contributed by atoms with Crippen molar-refractivity contribution in [2.75, 3.05) is 0 Å². The number of aromatic nitrogens is 2. The van der Waals surface area contributed by atoms with Crippen LogP contribution in [-0.2, 0) is 5.41 Å². The Hall–Kier alpha value is -2.74. The third-order valence-electron chi connectivity index (χ3n) is 5.46. The molecule has 1 aliphatic heterocycles. The van der Waals surface area contributed by atoms with Gasteiger partial charge in [-0.15, -0.1) is 0 Å². The highest BCUT2D eigenvalue weighted by Gasteiger charge is 2.54. The Morgan fingerprint density at radius 3 is 2.79 bits per heavy atom. The Morgan fingerprint density at radius 2 is 2.17 bits per heavy atom. The van der Waals surface area contributed by atoms with Gasteiger partial charge in [0.05, 0.1) is 16.7 Å². The number of hydrogen-bond acceptors (Lipinski definition) is 4. The number of ether oxygens (including phenoxy) is 1. The molecule has 0 spiro atoms. The number of benzene rings is 1. The number of rotatable bonds is 2. The predicted octanol–water partition coefficient (Wildman–Crippen LogP) is 3.20. The topological polar surface area (TPSA) is 87.7 Å². The Morgan fingerprint density at radius 1 is 1.38 bits per heavy atom. The minimum atomic E-state index is -0.576. The van der Waals surface area contributed by atoms with Gasteiger partial charge in [-0.3, -0.25) is 0 Å². The number of fused-ring (bicyclic) bond motifs is 1. The van der Waals surface area contributed by atoms with Gasteiger partial charge in [0, 0.05) is 0 Å². The summed E-state index contributed by atoms with van der Waals surface area (Å²) in [6.45, 7) is 4.03. The number of nitriles is 1. The fourth-order valence-electron chi connectivity index (χ4n) is 4.24. The van der Waals surface area contributed by atoms with E-state index in [1.807, 2.05) is 13.0 Å². The van der Waals surface area contributed by atoms with E-state index in [9.17, 15) is 5.26 Å². The van der Waals surface area contributed by atoms with Crippen LogP contribution < -0.4 is 10.5 Å². The summed E-state index contributed by atoms with van der Waals surface area (Å²) in [6.07, 6.45) is 3.30. The second kappa shape index (κ2) is 5.13. The smallest absolute Gasteiger partial charge is 0.222 e. The number of allylic oxidation sites excluding steroid dienone is 1. The van der Waals surface area contributed by atoms with Crippen molar-refractivity contribution in [1.29, 1.82) is 5.26 Å². The molecule has 3 N–H and O–H groups in total. The van der Waals surface area contributed by atoms with Gasteiger partial charge in [0.15, 0.2) is 0 Å². The molecule has 1 unspecified atom stereocenters. The van der Waals surface area contributed by atoms with E-state index in [0.717, 1.165) is 35.2 Å². The Labute approximate surface area is 141 Å². The van der Waals surface area contributed by atoms with Crippen LogP contribution in [0.3, 0.4) is 0 Å². The van der Waals surface area contributed by atoms with E-state index in [1.165, 1.54) is 6.42 Å². The summed E-state index contributed by atoms with van der Waals surface area (Å²) >= 11 is 0. The van der Waals surface area contributed by atoms with Crippen molar-refractivity contribution >= 4 is 0 Å². The van der Waals surface area contributed by atoms with Gasteiger partial charge in [0.1, 0.15) is 11.6 Å². The molecular weight excluding hydrogens is 300 g/mol. The highest BCUT2D eigenvalue weighted by molar-refractivity contribution is 5.62. The molecule has 1 fully saturated rings. The first-order chi connectivity index (χ1) is 11.6. The van der Waals surface area contributed by atoms with Gasteiger partial charge in [-0.25, -0.2) is 5.10 Å². The zero-order valence-corrected chi connectivity index (χ0v) is 13.9. The van der Waals surface area contributed by atoms with Gasteiger partial charge in [0.25, 0.3) is 0 Å².